The summed E-state index contributed by atoms with van der Waals surface area (Å²) in [5.41, 5.74) is 0. The Kier molecular flexibility index (Phi) is 5.54. The van der Waals surface area contributed by atoms with Gasteiger partial charge in [-0.25, -0.2) is 8.42 Å². The van der Waals surface area contributed by atoms with Gasteiger partial charge in [-0.1, -0.05) is 6.42 Å². The maximum atomic E-state index is 13.0. The van der Waals surface area contributed by atoms with Crippen LogP contribution in [0.25, 0.3) is 0 Å². The molecule has 1 aromatic heterocycles. The van der Waals surface area contributed by atoms with Crippen LogP contribution in [0.15, 0.2) is 21.6 Å². The molecule has 0 saturated carbocycles. The molecule has 4 heterocycles. The number of carbonyl (C=O) groups excluding carboxylic acids is 1. The zero-order valence-electron chi connectivity index (χ0n) is 15.3. The third-order valence-corrected chi connectivity index (χ3v) is 7.25. The number of hydrogen-bond donors (Lipinski definition) is 0. The molecule has 150 valence electrons. The summed E-state index contributed by atoms with van der Waals surface area (Å²) in [6.45, 7) is 2.64. The molecular formula is C18H26N2O6S. The molecule has 0 spiro atoms. The Morgan fingerprint density at radius 3 is 2.41 bits per heavy atom. The number of nitrogens with zero attached hydrogens (tertiary/aromatic N) is 2. The van der Waals surface area contributed by atoms with E-state index in [0.717, 1.165) is 38.5 Å². The Labute approximate surface area is 159 Å². The van der Waals surface area contributed by atoms with Crippen LogP contribution >= 0.6 is 0 Å². The second-order valence-corrected chi connectivity index (χ2v) is 9.12. The smallest absolute Gasteiger partial charge is 0.290 e. The fourth-order valence-electron chi connectivity index (χ4n) is 4.04. The Hall–Kier alpha value is -1.42. The SMILES string of the molecule is O=C(c1ccc(S(=O)(=O)N2CCCCC2)o1)N1CCCCC1C1OCCO1. The van der Waals surface area contributed by atoms with E-state index in [1.807, 2.05) is 0 Å². The van der Waals surface area contributed by atoms with Crippen LogP contribution in [0.3, 0.4) is 0 Å². The van der Waals surface area contributed by atoms with Crippen molar-refractivity contribution in [2.45, 2.75) is 55.9 Å². The lowest BCUT2D eigenvalue weighted by molar-refractivity contribution is -0.101. The van der Waals surface area contributed by atoms with Crippen molar-refractivity contribution in [1.82, 2.24) is 9.21 Å². The predicted molar refractivity (Wildman–Crippen MR) is 95.7 cm³/mol. The van der Waals surface area contributed by atoms with Gasteiger partial charge in [0.2, 0.25) is 5.09 Å². The number of hydrogen-bond acceptors (Lipinski definition) is 6. The normalized spacial score (nSPS) is 25.8. The van der Waals surface area contributed by atoms with Crippen molar-refractivity contribution in [2.75, 3.05) is 32.8 Å². The summed E-state index contributed by atoms with van der Waals surface area (Å²) >= 11 is 0. The van der Waals surface area contributed by atoms with Gasteiger partial charge < -0.3 is 18.8 Å². The molecule has 9 heteroatoms. The molecule has 3 fully saturated rings. The van der Waals surface area contributed by atoms with Crippen molar-refractivity contribution in [2.24, 2.45) is 0 Å². The Balaban J connectivity index is 1.52. The molecule has 0 radical (unpaired) electrons. The summed E-state index contributed by atoms with van der Waals surface area (Å²) in [4.78, 5) is 14.7. The molecule has 27 heavy (non-hydrogen) atoms. The third kappa shape index (κ3) is 3.78. The Morgan fingerprint density at radius 1 is 0.963 bits per heavy atom. The van der Waals surface area contributed by atoms with E-state index in [1.165, 1.54) is 16.4 Å². The number of sulfonamides is 1. The van der Waals surface area contributed by atoms with Crippen molar-refractivity contribution in [3.8, 4) is 0 Å². The van der Waals surface area contributed by atoms with Gasteiger partial charge in [-0.3, -0.25) is 4.79 Å². The lowest BCUT2D eigenvalue weighted by Crippen LogP contribution is -2.50. The predicted octanol–water partition coefficient (Wildman–Crippen LogP) is 1.82. The summed E-state index contributed by atoms with van der Waals surface area (Å²) in [5, 5.41) is -0.158. The summed E-state index contributed by atoms with van der Waals surface area (Å²) in [7, 11) is -3.69. The second-order valence-electron chi connectivity index (χ2n) is 7.26. The van der Waals surface area contributed by atoms with E-state index in [0.29, 0.717) is 32.8 Å². The fourth-order valence-corrected chi connectivity index (χ4v) is 5.47. The molecule has 1 amide bonds. The third-order valence-electron chi connectivity index (χ3n) is 5.47. The molecule has 3 aliphatic rings. The van der Waals surface area contributed by atoms with Crippen molar-refractivity contribution < 1.29 is 27.1 Å². The maximum absolute atomic E-state index is 13.0. The molecule has 0 aliphatic carbocycles. The van der Waals surface area contributed by atoms with E-state index in [9.17, 15) is 13.2 Å². The van der Waals surface area contributed by atoms with E-state index in [4.69, 9.17) is 13.9 Å². The maximum Gasteiger partial charge on any atom is 0.290 e. The molecule has 4 rings (SSSR count). The molecule has 3 saturated heterocycles. The minimum absolute atomic E-state index is 0.0514. The first-order valence-electron chi connectivity index (χ1n) is 9.71. The molecule has 0 N–H and O–H groups in total. The molecule has 1 aromatic rings. The molecule has 8 nitrogen and oxygen atoms in total. The molecule has 0 aromatic carbocycles. The van der Waals surface area contributed by atoms with Crippen LogP contribution < -0.4 is 0 Å². The van der Waals surface area contributed by atoms with Crippen molar-refractivity contribution in [1.29, 1.82) is 0 Å². The number of carbonyl (C=O) groups is 1. The number of amides is 1. The van der Waals surface area contributed by atoms with Gasteiger partial charge in [0, 0.05) is 19.6 Å². The first kappa shape index (κ1) is 18.9. The van der Waals surface area contributed by atoms with Crippen LogP contribution in [0.2, 0.25) is 0 Å². The minimum atomic E-state index is -3.69. The highest BCUT2D eigenvalue weighted by atomic mass is 32.2. The van der Waals surface area contributed by atoms with Gasteiger partial charge in [0.05, 0.1) is 19.3 Å². The number of likely N-dealkylation sites (tertiary alicyclic amines) is 1. The average Bonchev–Trinajstić information content (AvgIpc) is 3.40. The van der Waals surface area contributed by atoms with Gasteiger partial charge in [-0.2, -0.15) is 4.31 Å². The molecular weight excluding hydrogens is 372 g/mol. The molecule has 0 bridgehead atoms. The van der Waals surface area contributed by atoms with E-state index in [1.54, 1.807) is 4.90 Å². The summed E-state index contributed by atoms with van der Waals surface area (Å²) < 4.78 is 43.6. The lowest BCUT2D eigenvalue weighted by Gasteiger charge is -2.37. The van der Waals surface area contributed by atoms with E-state index >= 15 is 0 Å². The monoisotopic (exact) mass is 398 g/mol. The van der Waals surface area contributed by atoms with Crippen LogP contribution in [0.5, 0.6) is 0 Å². The summed E-state index contributed by atoms with van der Waals surface area (Å²) in [6, 6.07) is 2.68. The molecule has 1 atom stereocenters. The van der Waals surface area contributed by atoms with Gasteiger partial charge in [0.1, 0.15) is 0 Å². The first-order chi connectivity index (χ1) is 13.1. The van der Waals surface area contributed by atoms with Crippen LogP contribution in [-0.4, -0.2) is 68.7 Å². The minimum Gasteiger partial charge on any atom is -0.438 e. The van der Waals surface area contributed by atoms with Crippen LogP contribution in [0.4, 0.5) is 0 Å². The average molecular weight is 398 g/mol. The van der Waals surface area contributed by atoms with Crippen LogP contribution in [-0.2, 0) is 19.5 Å². The largest absolute Gasteiger partial charge is 0.438 e. The Bertz CT molecular complexity index is 765. The highest BCUT2D eigenvalue weighted by Gasteiger charge is 2.38. The quantitative estimate of drug-likeness (QED) is 0.769. The topological polar surface area (TPSA) is 89.3 Å². The number of piperidine rings is 2. The van der Waals surface area contributed by atoms with Gasteiger partial charge in [0.15, 0.2) is 12.1 Å². The first-order valence-corrected chi connectivity index (χ1v) is 11.2. The number of ether oxygens (including phenoxy) is 2. The van der Waals surface area contributed by atoms with Gasteiger partial charge in [-0.15, -0.1) is 0 Å². The van der Waals surface area contributed by atoms with E-state index < -0.39 is 16.3 Å². The van der Waals surface area contributed by atoms with Gasteiger partial charge in [-0.05, 0) is 44.2 Å². The second kappa shape index (κ2) is 7.90. The number of rotatable bonds is 4. The zero-order chi connectivity index (χ0) is 18.9. The number of furan rings is 1. The standard InChI is InChI=1S/C18H26N2O6S/c21-17(20-11-5-2-6-14(20)18-24-12-13-25-18)15-7-8-16(26-15)27(22,23)19-9-3-1-4-10-19/h7-8,14,18H,1-6,9-13H2. The van der Waals surface area contributed by atoms with Crippen molar-refractivity contribution in [3.05, 3.63) is 17.9 Å². The lowest BCUT2D eigenvalue weighted by atomic mass is 10.0. The molecule has 1 unspecified atom stereocenters. The summed E-state index contributed by atoms with van der Waals surface area (Å²) in [6.07, 6.45) is 5.02. The zero-order valence-corrected chi connectivity index (χ0v) is 16.2. The highest BCUT2D eigenvalue weighted by molar-refractivity contribution is 7.89. The van der Waals surface area contributed by atoms with Gasteiger partial charge >= 0.3 is 0 Å². The molecule has 3 aliphatic heterocycles. The van der Waals surface area contributed by atoms with Crippen molar-refractivity contribution in [3.63, 3.8) is 0 Å². The Morgan fingerprint density at radius 2 is 1.67 bits per heavy atom. The van der Waals surface area contributed by atoms with Crippen LogP contribution in [0.1, 0.15) is 49.1 Å². The summed E-state index contributed by atoms with van der Waals surface area (Å²) in [5.74, 6) is -0.255. The van der Waals surface area contributed by atoms with E-state index in [2.05, 4.69) is 0 Å². The highest BCUT2D eigenvalue weighted by Crippen LogP contribution is 2.28. The van der Waals surface area contributed by atoms with Crippen LogP contribution in [0, 0.1) is 0 Å². The fraction of sp³-hybridized carbons (Fsp3) is 0.722. The van der Waals surface area contributed by atoms with Crippen molar-refractivity contribution >= 4 is 15.9 Å². The van der Waals surface area contributed by atoms with E-state index in [-0.39, 0.29) is 22.8 Å². The van der Waals surface area contributed by atoms with Gasteiger partial charge in [0.25, 0.3) is 15.9 Å².